The minimum Gasteiger partial charge on any atom is -0.383 e. The first kappa shape index (κ1) is 21.5. The van der Waals surface area contributed by atoms with Gasteiger partial charge in [0.25, 0.3) is 0 Å². The molecule has 1 aliphatic heterocycles. The van der Waals surface area contributed by atoms with E-state index in [1.165, 1.54) is 15.1 Å². The van der Waals surface area contributed by atoms with Crippen molar-refractivity contribution < 1.29 is 17.5 Å². The largest absolute Gasteiger partial charge is 0.383 e. The molecule has 2 heterocycles. The van der Waals surface area contributed by atoms with Gasteiger partial charge in [-0.25, -0.2) is 22.3 Å². The molecule has 164 valence electrons. The zero-order chi connectivity index (χ0) is 21.5. The SMILES string of the molecule is COCCn1nc(C2CCCN(S(=O)(=O)c3ccc(F)c(Cl)c3)C2)n(C2CC2)c1=O. The van der Waals surface area contributed by atoms with Crippen molar-refractivity contribution in [2.24, 2.45) is 0 Å². The van der Waals surface area contributed by atoms with Crippen molar-refractivity contribution in [3.05, 3.63) is 45.3 Å². The fourth-order valence-corrected chi connectivity index (χ4v) is 5.67. The molecular formula is C19H24ClFN4O4S. The molecule has 0 amide bonds. The Hall–Kier alpha value is -1.75. The Bertz CT molecular complexity index is 1100. The van der Waals surface area contributed by atoms with Crippen LogP contribution in [0.2, 0.25) is 5.02 Å². The van der Waals surface area contributed by atoms with Gasteiger partial charge in [0.1, 0.15) is 11.6 Å². The molecule has 8 nitrogen and oxygen atoms in total. The van der Waals surface area contributed by atoms with Gasteiger partial charge in [-0.15, -0.1) is 0 Å². The maximum atomic E-state index is 13.5. The number of hydrogen-bond donors (Lipinski definition) is 0. The molecule has 2 fully saturated rings. The monoisotopic (exact) mass is 458 g/mol. The summed E-state index contributed by atoms with van der Waals surface area (Å²) in [7, 11) is -2.27. The van der Waals surface area contributed by atoms with Crippen molar-refractivity contribution in [2.45, 2.75) is 49.1 Å². The summed E-state index contributed by atoms with van der Waals surface area (Å²) in [6.45, 7) is 1.29. The number of hydrogen-bond acceptors (Lipinski definition) is 5. The average molecular weight is 459 g/mol. The molecule has 2 aliphatic rings. The summed E-state index contributed by atoms with van der Waals surface area (Å²) in [4.78, 5) is 12.8. The second-order valence-electron chi connectivity index (χ2n) is 7.74. The fraction of sp³-hybridized carbons (Fsp3) is 0.579. The number of halogens is 2. The van der Waals surface area contributed by atoms with E-state index in [9.17, 15) is 17.6 Å². The lowest BCUT2D eigenvalue weighted by Gasteiger charge is -2.31. The Labute approximate surface area is 179 Å². The van der Waals surface area contributed by atoms with Crippen molar-refractivity contribution in [2.75, 3.05) is 26.8 Å². The van der Waals surface area contributed by atoms with E-state index in [0.717, 1.165) is 31.4 Å². The molecule has 1 aromatic heterocycles. The van der Waals surface area contributed by atoms with Crippen LogP contribution in [0.1, 0.15) is 43.5 Å². The van der Waals surface area contributed by atoms with Crippen LogP contribution in [-0.4, -0.2) is 53.9 Å². The molecule has 0 spiro atoms. The Balaban J connectivity index is 1.63. The minimum absolute atomic E-state index is 0.0419. The Kier molecular flexibility index (Phi) is 6.02. The molecule has 1 atom stereocenters. The highest BCUT2D eigenvalue weighted by Crippen LogP contribution is 2.38. The van der Waals surface area contributed by atoms with Crippen molar-refractivity contribution in [1.29, 1.82) is 0 Å². The van der Waals surface area contributed by atoms with Gasteiger partial charge in [-0.3, -0.25) is 4.57 Å². The molecule has 0 bridgehead atoms. The molecular weight excluding hydrogens is 435 g/mol. The number of piperidine rings is 1. The summed E-state index contributed by atoms with van der Waals surface area (Å²) < 4.78 is 49.3. The van der Waals surface area contributed by atoms with Crippen LogP contribution in [0, 0.1) is 5.82 Å². The number of ether oxygens (including phenoxy) is 1. The quantitative estimate of drug-likeness (QED) is 0.635. The van der Waals surface area contributed by atoms with Gasteiger partial charge >= 0.3 is 5.69 Å². The molecule has 4 rings (SSSR count). The minimum atomic E-state index is -3.84. The summed E-state index contributed by atoms with van der Waals surface area (Å²) in [5, 5.41) is 4.31. The average Bonchev–Trinajstić information content (AvgIpc) is 3.51. The molecule has 1 aromatic carbocycles. The molecule has 11 heteroatoms. The second-order valence-corrected chi connectivity index (χ2v) is 10.1. The van der Waals surface area contributed by atoms with Crippen LogP contribution in [0.3, 0.4) is 0 Å². The number of nitrogens with zero attached hydrogens (tertiary/aromatic N) is 4. The van der Waals surface area contributed by atoms with Crippen LogP contribution in [0.15, 0.2) is 27.9 Å². The van der Waals surface area contributed by atoms with Crippen LogP contribution in [-0.2, 0) is 21.3 Å². The van der Waals surface area contributed by atoms with Gasteiger partial charge in [-0.1, -0.05) is 11.6 Å². The van der Waals surface area contributed by atoms with Gasteiger partial charge in [0.05, 0.1) is 23.1 Å². The predicted molar refractivity (Wildman–Crippen MR) is 109 cm³/mol. The van der Waals surface area contributed by atoms with Crippen LogP contribution < -0.4 is 5.69 Å². The number of rotatable bonds is 7. The van der Waals surface area contributed by atoms with Gasteiger partial charge in [-0.05, 0) is 43.9 Å². The zero-order valence-corrected chi connectivity index (χ0v) is 18.2. The smallest absolute Gasteiger partial charge is 0.346 e. The third-order valence-electron chi connectivity index (χ3n) is 5.59. The molecule has 1 saturated heterocycles. The molecule has 2 aromatic rings. The molecule has 0 N–H and O–H groups in total. The summed E-state index contributed by atoms with van der Waals surface area (Å²) in [6.07, 6.45) is 3.23. The lowest BCUT2D eigenvalue weighted by atomic mass is 9.99. The third kappa shape index (κ3) is 4.05. The summed E-state index contributed by atoms with van der Waals surface area (Å²) in [5.74, 6) is -0.223. The van der Waals surface area contributed by atoms with Crippen LogP contribution in [0.5, 0.6) is 0 Å². The standard InChI is InChI=1S/C19H24ClFN4O4S/c1-29-10-9-24-19(26)25(14-4-5-14)18(22-24)13-3-2-8-23(12-13)30(27,28)15-6-7-17(21)16(20)11-15/h6-7,11,13-14H,2-5,8-10,12H2,1H3. The molecule has 1 aliphatic carbocycles. The van der Waals surface area contributed by atoms with Gasteiger partial charge in [0, 0.05) is 32.2 Å². The highest BCUT2D eigenvalue weighted by atomic mass is 35.5. The topological polar surface area (TPSA) is 86.4 Å². The van der Waals surface area contributed by atoms with E-state index in [0.29, 0.717) is 31.9 Å². The van der Waals surface area contributed by atoms with Crippen molar-refractivity contribution in [3.8, 4) is 0 Å². The van der Waals surface area contributed by atoms with Crippen LogP contribution in [0.25, 0.3) is 0 Å². The number of benzene rings is 1. The van der Waals surface area contributed by atoms with E-state index in [4.69, 9.17) is 16.3 Å². The third-order valence-corrected chi connectivity index (χ3v) is 7.75. The maximum absolute atomic E-state index is 13.5. The molecule has 1 saturated carbocycles. The van der Waals surface area contributed by atoms with Crippen molar-refractivity contribution in [1.82, 2.24) is 18.7 Å². The molecule has 30 heavy (non-hydrogen) atoms. The first-order chi connectivity index (χ1) is 14.3. The number of sulfonamides is 1. The summed E-state index contributed by atoms with van der Waals surface area (Å²) in [6, 6.07) is 3.54. The Morgan fingerprint density at radius 1 is 1.30 bits per heavy atom. The van der Waals surface area contributed by atoms with E-state index >= 15 is 0 Å². The second kappa shape index (κ2) is 8.41. The van der Waals surface area contributed by atoms with Crippen LogP contribution in [0.4, 0.5) is 4.39 Å². The summed E-state index contributed by atoms with van der Waals surface area (Å²) in [5.41, 5.74) is -0.171. The molecule has 1 unspecified atom stereocenters. The van der Waals surface area contributed by atoms with Gasteiger partial charge in [0.15, 0.2) is 0 Å². The Morgan fingerprint density at radius 2 is 2.07 bits per heavy atom. The lowest BCUT2D eigenvalue weighted by molar-refractivity contribution is 0.182. The van der Waals surface area contributed by atoms with Gasteiger partial charge in [0.2, 0.25) is 10.0 Å². The lowest BCUT2D eigenvalue weighted by Crippen LogP contribution is -2.40. The Morgan fingerprint density at radius 3 is 2.73 bits per heavy atom. The van der Waals surface area contributed by atoms with E-state index in [2.05, 4.69) is 5.10 Å². The van der Waals surface area contributed by atoms with E-state index < -0.39 is 15.8 Å². The first-order valence-electron chi connectivity index (χ1n) is 9.96. The highest BCUT2D eigenvalue weighted by Gasteiger charge is 2.37. The van der Waals surface area contributed by atoms with Gasteiger partial charge < -0.3 is 4.74 Å². The van der Waals surface area contributed by atoms with Crippen molar-refractivity contribution >= 4 is 21.6 Å². The van der Waals surface area contributed by atoms with Crippen molar-refractivity contribution in [3.63, 3.8) is 0 Å². The first-order valence-corrected chi connectivity index (χ1v) is 11.8. The number of methoxy groups -OCH3 is 1. The van der Waals surface area contributed by atoms with E-state index in [-0.39, 0.29) is 34.1 Å². The van der Waals surface area contributed by atoms with E-state index in [1.807, 2.05) is 0 Å². The fourth-order valence-electron chi connectivity index (χ4n) is 3.87. The normalized spacial score (nSPS) is 20.6. The molecule has 0 radical (unpaired) electrons. The maximum Gasteiger partial charge on any atom is 0.346 e. The number of aromatic nitrogens is 3. The van der Waals surface area contributed by atoms with Crippen LogP contribution >= 0.6 is 11.6 Å². The highest BCUT2D eigenvalue weighted by molar-refractivity contribution is 7.89. The summed E-state index contributed by atoms with van der Waals surface area (Å²) >= 11 is 5.79. The predicted octanol–water partition coefficient (Wildman–Crippen LogP) is 2.39. The van der Waals surface area contributed by atoms with E-state index in [1.54, 1.807) is 11.7 Å². The van der Waals surface area contributed by atoms with Gasteiger partial charge in [-0.2, -0.15) is 9.40 Å². The zero-order valence-electron chi connectivity index (χ0n) is 16.6.